The number of carbonyl (C=O) groups is 1. The van der Waals surface area contributed by atoms with Crippen LogP contribution >= 0.6 is 0 Å². The highest BCUT2D eigenvalue weighted by Gasteiger charge is 2.14. The molecule has 2 amide bonds. The van der Waals surface area contributed by atoms with E-state index in [2.05, 4.69) is 15.6 Å². The lowest BCUT2D eigenvalue weighted by Gasteiger charge is -2.15. The van der Waals surface area contributed by atoms with Gasteiger partial charge in [-0.3, -0.25) is 9.36 Å². The number of fused-ring (bicyclic) bond motifs is 1. The topological polar surface area (TPSA) is 85.2 Å². The van der Waals surface area contributed by atoms with Crippen LogP contribution in [-0.4, -0.2) is 22.7 Å². The number of hydrogen-bond acceptors (Lipinski definition) is 4. The minimum atomic E-state index is -0.464. The number of hydrogen-bond donors (Lipinski definition) is 2. The minimum Gasteiger partial charge on any atom is -0.496 e. The van der Waals surface area contributed by atoms with Gasteiger partial charge >= 0.3 is 6.03 Å². The van der Waals surface area contributed by atoms with Crippen molar-refractivity contribution in [2.45, 2.75) is 13.5 Å². The highest BCUT2D eigenvalue weighted by molar-refractivity contribution is 5.90. The van der Waals surface area contributed by atoms with Crippen molar-refractivity contribution in [2.24, 2.45) is 0 Å². The van der Waals surface area contributed by atoms with Crippen LogP contribution in [0.2, 0.25) is 0 Å². The van der Waals surface area contributed by atoms with Gasteiger partial charge in [-0.05, 0) is 55.5 Å². The summed E-state index contributed by atoms with van der Waals surface area (Å²) >= 11 is 0. The molecule has 0 radical (unpaired) electrons. The van der Waals surface area contributed by atoms with Crippen LogP contribution < -0.4 is 20.9 Å². The summed E-state index contributed by atoms with van der Waals surface area (Å²) in [6.45, 7) is 1.82. The molecule has 0 spiro atoms. The Hall–Kier alpha value is -4.20. The lowest BCUT2D eigenvalue weighted by molar-refractivity contribution is 0.251. The summed E-state index contributed by atoms with van der Waals surface area (Å²) < 4.78 is 20.1. The second kappa shape index (κ2) is 8.89. The summed E-state index contributed by atoms with van der Waals surface area (Å²) in [5.74, 6) is 0.560. The van der Waals surface area contributed by atoms with Crippen molar-refractivity contribution in [2.75, 3.05) is 12.4 Å². The number of para-hydroxylation sites is 1. The molecule has 0 aliphatic rings. The summed E-state index contributed by atoms with van der Waals surface area (Å²) in [6, 6.07) is 17.4. The Labute approximate surface area is 183 Å². The number of methoxy groups -OCH3 is 1. The highest BCUT2D eigenvalue weighted by Crippen LogP contribution is 2.24. The van der Waals surface area contributed by atoms with E-state index in [0.29, 0.717) is 33.9 Å². The molecule has 1 heterocycles. The number of carbonyl (C=O) groups excluding carboxylic acids is 1. The Morgan fingerprint density at radius 2 is 1.81 bits per heavy atom. The van der Waals surface area contributed by atoms with Crippen LogP contribution in [0.1, 0.15) is 11.4 Å². The summed E-state index contributed by atoms with van der Waals surface area (Å²) in [6.07, 6.45) is 0. The van der Waals surface area contributed by atoms with E-state index in [1.54, 1.807) is 49.6 Å². The molecule has 8 heteroatoms. The molecule has 0 unspecified atom stereocenters. The zero-order valence-electron chi connectivity index (χ0n) is 17.6. The molecule has 162 valence electrons. The number of urea groups is 1. The normalized spacial score (nSPS) is 10.7. The molecule has 0 atom stereocenters. The summed E-state index contributed by atoms with van der Waals surface area (Å²) in [5.41, 5.74) is 2.05. The Morgan fingerprint density at radius 3 is 2.56 bits per heavy atom. The SMILES string of the molecule is COc1cccc(NC(=O)NCc2nc3ccccc3c(=O)n2-c2ccc(F)cc2)c1C. The van der Waals surface area contributed by atoms with E-state index in [-0.39, 0.29) is 12.1 Å². The molecule has 3 aromatic carbocycles. The smallest absolute Gasteiger partial charge is 0.319 e. The van der Waals surface area contributed by atoms with Crippen LogP contribution in [0.25, 0.3) is 16.6 Å². The molecule has 0 saturated heterocycles. The lowest BCUT2D eigenvalue weighted by Crippen LogP contribution is -2.32. The molecule has 0 aliphatic carbocycles. The average molecular weight is 432 g/mol. The quantitative estimate of drug-likeness (QED) is 0.496. The maximum absolute atomic E-state index is 13.4. The summed E-state index contributed by atoms with van der Waals surface area (Å²) in [4.78, 5) is 30.3. The van der Waals surface area contributed by atoms with Gasteiger partial charge in [-0.2, -0.15) is 0 Å². The number of anilines is 1. The standard InChI is InChI=1S/C24H21FN4O3/c1-15-19(8-5-9-21(15)32-2)28-24(31)26-14-22-27-20-7-4-3-6-18(20)23(30)29(22)17-12-10-16(25)11-13-17/h3-13H,14H2,1-2H3,(H2,26,28,31). The largest absolute Gasteiger partial charge is 0.496 e. The van der Waals surface area contributed by atoms with Crippen LogP contribution in [0.15, 0.2) is 71.5 Å². The Bertz CT molecular complexity index is 1350. The number of nitrogens with one attached hydrogen (secondary N) is 2. The third kappa shape index (κ3) is 4.15. The van der Waals surface area contributed by atoms with Crippen molar-refractivity contribution in [1.82, 2.24) is 14.9 Å². The van der Waals surface area contributed by atoms with Gasteiger partial charge in [-0.1, -0.05) is 18.2 Å². The van der Waals surface area contributed by atoms with E-state index in [0.717, 1.165) is 5.56 Å². The molecule has 4 rings (SSSR count). The van der Waals surface area contributed by atoms with Gasteiger partial charge in [0.25, 0.3) is 5.56 Å². The number of ether oxygens (including phenoxy) is 1. The average Bonchev–Trinajstić information content (AvgIpc) is 2.80. The maximum Gasteiger partial charge on any atom is 0.319 e. The fraction of sp³-hybridized carbons (Fsp3) is 0.125. The van der Waals surface area contributed by atoms with Crippen molar-refractivity contribution in [3.63, 3.8) is 0 Å². The number of halogens is 1. The molecule has 0 saturated carbocycles. The molecule has 0 aliphatic heterocycles. The third-order valence-electron chi connectivity index (χ3n) is 5.09. The number of benzene rings is 3. The molecule has 7 nitrogen and oxygen atoms in total. The molecule has 1 aromatic heterocycles. The van der Waals surface area contributed by atoms with Gasteiger partial charge in [0, 0.05) is 11.3 Å². The van der Waals surface area contributed by atoms with Gasteiger partial charge in [0.05, 0.1) is 30.2 Å². The third-order valence-corrected chi connectivity index (χ3v) is 5.09. The number of rotatable bonds is 5. The Kier molecular flexibility index (Phi) is 5.85. The second-order valence-electron chi connectivity index (χ2n) is 7.10. The molecule has 32 heavy (non-hydrogen) atoms. The molecule has 0 fully saturated rings. The van der Waals surface area contributed by atoms with Gasteiger partial charge in [0.15, 0.2) is 0 Å². The molecule has 2 N–H and O–H groups in total. The minimum absolute atomic E-state index is 0.0215. The molecule has 4 aromatic rings. The first-order chi connectivity index (χ1) is 15.5. The van der Waals surface area contributed by atoms with Crippen LogP contribution in [0.5, 0.6) is 5.75 Å². The van der Waals surface area contributed by atoms with E-state index < -0.39 is 11.8 Å². The molecule has 0 bridgehead atoms. The fourth-order valence-electron chi connectivity index (χ4n) is 3.45. The van der Waals surface area contributed by atoms with E-state index in [1.807, 2.05) is 6.92 Å². The van der Waals surface area contributed by atoms with Gasteiger partial charge in [-0.25, -0.2) is 14.2 Å². The van der Waals surface area contributed by atoms with E-state index in [1.165, 1.54) is 28.8 Å². The van der Waals surface area contributed by atoms with E-state index >= 15 is 0 Å². The zero-order valence-corrected chi connectivity index (χ0v) is 17.6. The zero-order chi connectivity index (χ0) is 22.7. The monoisotopic (exact) mass is 432 g/mol. The predicted molar refractivity (Wildman–Crippen MR) is 121 cm³/mol. The van der Waals surface area contributed by atoms with Gasteiger partial charge in [0.1, 0.15) is 17.4 Å². The first-order valence-corrected chi connectivity index (χ1v) is 9.93. The van der Waals surface area contributed by atoms with Crippen molar-refractivity contribution >= 4 is 22.6 Å². The Balaban J connectivity index is 1.65. The van der Waals surface area contributed by atoms with Crippen LogP contribution in [-0.2, 0) is 6.54 Å². The predicted octanol–water partition coefficient (Wildman–Crippen LogP) is 4.16. The van der Waals surface area contributed by atoms with Gasteiger partial charge in [0.2, 0.25) is 0 Å². The summed E-state index contributed by atoms with van der Waals surface area (Å²) in [5, 5.41) is 5.95. The number of amides is 2. The summed E-state index contributed by atoms with van der Waals surface area (Å²) in [7, 11) is 1.56. The Morgan fingerprint density at radius 1 is 1.06 bits per heavy atom. The number of aromatic nitrogens is 2. The van der Waals surface area contributed by atoms with Crippen molar-refractivity contribution in [3.8, 4) is 11.4 Å². The first kappa shape index (κ1) is 21.0. The van der Waals surface area contributed by atoms with Crippen molar-refractivity contribution in [1.29, 1.82) is 0 Å². The molecular formula is C24H21FN4O3. The van der Waals surface area contributed by atoms with Gasteiger partial charge in [-0.15, -0.1) is 0 Å². The highest BCUT2D eigenvalue weighted by atomic mass is 19.1. The van der Waals surface area contributed by atoms with Gasteiger partial charge < -0.3 is 15.4 Å². The lowest BCUT2D eigenvalue weighted by atomic mass is 10.2. The van der Waals surface area contributed by atoms with Crippen LogP contribution in [0.4, 0.5) is 14.9 Å². The fourth-order valence-corrected chi connectivity index (χ4v) is 3.45. The molecular weight excluding hydrogens is 411 g/mol. The maximum atomic E-state index is 13.4. The van der Waals surface area contributed by atoms with Crippen molar-refractivity contribution < 1.29 is 13.9 Å². The number of nitrogens with zero attached hydrogens (tertiary/aromatic N) is 2. The van der Waals surface area contributed by atoms with E-state index in [9.17, 15) is 14.0 Å². The second-order valence-corrected chi connectivity index (χ2v) is 7.10. The van der Waals surface area contributed by atoms with E-state index in [4.69, 9.17) is 4.74 Å². The first-order valence-electron chi connectivity index (χ1n) is 9.93. The van der Waals surface area contributed by atoms with Crippen molar-refractivity contribution in [3.05, 3.63) is 94.3 Å². The van der Waals surface area contributed by atoms with Crippen LogP contribution in [0.3, 0.4) is 0 Å². The van der Waals surface area contributed by atoms with Crippen LogP contribution in [0, 0.1) is 12.7 Å².